The summed E-state index contributed by atoms with van der Waals surface area (Å²) in [7, 11) is -3.68. The molecule has 0 amide bonds. The molecule has 0 saturated heterocycles. The highest BCUT2D eigenvalue weighted by molar-refractivity contribution is 7.86. The van der Waals surface area contributed by atoms with E-state index in [1.54, 1.807) is 24.3 Å². The van der Waals surface area contributed by atoms with Crippen LogP contribution in [0.2, 0.25) is 0 Å². The van der Waals surface area contributed by atoms with Gasteiger partial charge in [-0.1, -0.05) is 24.1 Å². The Morgan fingerprint density at radius 2 is 1.80 bits per heavy atom. The first-order chi connectivity index (χ1) is 11.6. The first kappa shape index (κ1) is 19.9. The normalized spacial score (nSPS) is 20.3. The van der Waals surface area contributed by atoms with E-state index in [0.29, 0.717) is 12.3 Å². The van der Waals surface area contributed by atoms with E-state index in [1.165, 1.54) is 0 Å². The number of aryl methyl sites for hydroxylation is 1. The molecule has 2 unspecified atom stereocenters. The molecule has 0 aliphatic heterocycles. The van der Waals surface area contributed by atoms with Crippen LogP contribution in [-0.2, 0) is 23.8 Å². The molecule has 6 heteroatoms. The Hall–Kier alpha value is -1.40. The van der Waals surface area contributed by atoms with Crippen molar-refractivity contribution in [2.45, 2.75) is 63.9 Å². The zero-order valence-electron chi connectivity index (χ0n) is 15.4. The molecule has 1 aliphatic rings. The minimum absolute atomic E-state index is 0.0106. The number of carbonyl (C=O) groups is 1. The molecule has 1 aromatic rings. The van der Waals surface area contributed by atoms with Gasteiger partial charge in [0.2, 0.25) is 0 Å². The van der Waals surface area contributed by atoms with Crippen molar-refractivity contribution < 1.29 is 22.1 Å². The molecule has 0 bridgehead atoms. The van der Waals surface area contributed by atoms with Gasteiger partial charge in [0.25, 0.3) is 10.1 Å². The fourth-order valence-corrected chi connectivity index (χ4v) is 3.63. The Bertz CT molecular complexity index is 686. The average Bonchev–Trinajstić information content (AvgIpc) is 3.25. The second-order valence-corrected chi connectivity index (χ2v) is 9.34. The fraction of sp³-hybridized carbons (Fsp3) is 0.632. The van der Waals surface area contributed by atoms with Crippen LogP contribution in [0.1, 0.15) is 52.0 Å². The van der Waals surface area contributed by atoms with Crippen LogP contribution < -0.4 is 0 Å². The summed E-state index contributed by atoms with van der Waals surface area (Å²) in [6.07, 6.45) is 3.27. The van der Waals surface area contributed by atoms with Crippen LogP contribution in [0, 0.1) is 18.8 Å². The maximum absolute atomic E-state index is 12.0. The first-order valence-corrected chi connectivity index (χ1v) is 10.2. The molecule has 0 heterocycles. The lowest BCUT2D eigenvalue weighted by atomic mass is 10.1. The summed E-state index contributed by atoms with van der Waals surface area (Å²) in [4.78, 5) is 12.1. The lowest BCUT2D eigenvalue weighted by Crippen LogP contribution is -2.25. The zero-order valence-corrected chi connectivity index (χ0v) is 16.3. The van der Waals surface area contributed by atoms with Crippen LogP contribution in [0.5, 0.6) is 0 Å². The summed E-state index contributed by atoms with van der Waals surface area (Å²) in [5.74, 6) is 0.260. The third-order valence-corrected chi connectivity index (χ3v) is 5.48. The van der Waals surface area contributed by atoms with Crippen LogP contribution >= 0.6 is 0 Å². The highest BCUT2D eigenvalue weighted by Gasteiger charge is 2.44. The Morgan fingerprint density at radius 3 is 2.40 bits per heavy atom. The number of rotatable bonds is 8. The van der Waals surface area contributed by atoms with Crippen LogP contribution in [0.4, 0.5) is 0 Å². The number of ether oxygens (including phenoxy) is 1. The highest BCUT2D eigenvalue weighted by Crippen LogP contribution is 2.43. The second-order valence-electron chi connectivity index (χ2n) is 7.72. The SMILES string of the molecule is Cc1ccc(S(=O)(=O)OCCCCC2CC2C(=O)OC(C)(C)C)cc1. The maximum Gasteiger partial charge on any atom is 0.309 e. The van der Waals surface area contributed by atoms with Crippen molar-refractivity contribution in [3.63, 3.8) is 0 Å². The summed E-state index contributed by atoms with van der Waals surface area (Å²) in [5.41, 5.74) is 0.561. The third-order valence-electron chi connectivity index (χ3n) is 4.15. The zero-order chi connectivity index (χ0) is 18.7. The fourth-order valence-electron chi connectivity index (χ4n) is 2.68. The molecular formula is C19H28O5S. The van der Waals surface area contributed by atoms with E-state index in [4.69, 9.17) is 8.92 Å². The number of benzene rings is 1. The molecule has 1 saturated carbocycles. The topological polar surface area (TPSA) is 69.7 Å². The quantitative estimate of drug-likeness (QED) is 0.396. The minimum Gasteiger partial charge on any atom is -0.460 e. The van der Waals surface area contributed by atoms with Crippen molar-refractivity contribution in [3.05, 3.63) is 29.8 Å². The predicted molar refractivity (Wildman–Crippen MR) is 95.6 cm³/mol. The van der Waals surface area contributed by atoms with Gasteiger partial charge in [0.05, 0.1) is 17.4 Å². The Balaban J connectivity index is 1.64. The van der Waals surface area contributed by atoms with Gasteiger partial charge in [-0.25, -0.2) is 0 Å². The van der Waals surface area contributed by atoms with Gasteiger partial charge in [-0.3, -0.25) is 8.98 Å². The van der Waals surface area contributed by atoms with E-state index >= 15 is 0 Å². The molecule has 2 rings (SSSR count). The Morgan fingerprint density at radius 1 is 1.16 bits per heavy atom. The smallest absolute Gasteiger partial charge is 0.309 e. The number of hydrogen-bond donors (Lipinski definition) is 0. The summed E-state index contributed by atoms with van der Waals surface area (Å²) in [5, 5.41) is 0. The molecule has 1 aliphatic carbocycles. The molecule has 1 aromatic carbocycles. The average molecular weight is 368 g/mol. The maximum atomic E-state index is 12.0. The van der Waals surface area contributed by atoms with Crippen LogP contribution in [0.25, 0.3) is 0 Å². The highest BCUT2D eigenvalue weighted by atomic mass is 32.2. The van der Waals surface area contributed by atoms with E-state index in [9.17, 15) is 13.2 Å². The van der Waals surface area contributed by atoms with E-state index < -0.39 is 15.7 Å². The van der Waals surface area contributed by atoms with Crippen LogP contribution in [-0.4, -0.2) is 26.6 Å². The summed E-state index contributed by atoms with van der Waals surface area (Å²) in [6, 6.07) is 6.61. The van der Waals surface area contributed by atoms with Gasteiger partial charge in [-0.15, -0.1) is 0 Å². The number of hydrogen-bond acceptors (Lipinski definition) is 5. The number of unbranched alkanes of at least 4 members (excludes halogenated alkanes) is 1. The van der Waals surface area contributed by atoms with E-state index in [1.807, 2.05) is 27.7 Å². The van der Waals surface area contributed by atoms with E-state index in [0.717, 1.165) is 24.8 Å². The van der Waals surface area contributed by atoms with Gasteiger partial charge in [-0.2, -0.15) is 8.42 Å². The monoisotopic (exact) mass is 368 g/mol. The summed E-state index contributed by atoms with van der Waals surface area (Å²) < 4.78 is 34.5. The third kappa shape index (κ3) is 6.44. The molecule has 0 spiro atoms. The molecule has 1 fully saturated rings. The van der Waals surface area contributed by atoms with Gasteiger partial charge >= 0.3 is 5.97 Å². The minimum atomic E-state index is -3.68. The summed E-state index contributed by atoms with van der Waals surface area (Å²) >= 11 is 0. The van der Waals surface area contributed by atoms with Crippen molar-refractivity contribution in [2.24, 2.45) is 11.8 Å². The molecule has 140 valence electrons. The van der Waals surface area contributed by atoms with Crippen molar-refractivity contribution in [1.82, 2.24) is 0 Å². The standard InChI is InChI=1S/C19H28O5S/c1-14-8-10-16(11-9-14)25(21,22)23-12-6-5-7-15-13-17(15)18(20)24-19(2,3)4/h8-11,15,17H,5-7,12-13H2,1-4H3. The molecule has 5 nitrogen and oxygen atoms in total. The van der Waals surface area contributed by atoms with Crippen molar-refractivity contribution in [2.75, 3.05) is 6.61 Å². The molecular weight excluding hydrogens is 340 g/mol. The Kier molecular flexibility index (Phi) is 6.27. The van der Waals surface area contributed by atoms with Gasteiger partial charge in [0.1, 0.15) is 5.60 Å². The lowest BCUT2D eigenvalue weighted by molar-refractivity contribution is -0.156. The van der Waals surface area contributed by atoms with Gasteiger partial charge in [-0.05, 0) is 65.0 Å². The molecule has 25 heavy (non-hydrogen) atoms. The second kappa shape index (κ2) is 7.87. The molecule has 2 atom stereocenters. The van der Waals surface area contributed by atoms with Gasteiger partial charge in [0.15, 0.2) is 0 Å². The van der Waals surface area contributed by atoms with Gasteiger partial charge < -0.3 is 4.74 Å². The van der Waals surface area contributed by atoms with Crippen molar-refractivity contribution >= 4 is 16.1 Å². The number of carbonyl (C=O) groups excluding carboxylic acids is 1. The first-order valence-electron chi connectivity index (χ1n) is 8.77. The summed E-state index contributed by atoms with van der Waals surface area (Å²) in [6.45, 7) is 7.68. The lowest BCUT2D eigenvalue weighted by Gasteiger charge is -2.19. The molecule has 0 radical (unpaired) electrons. The number of esters is 1. The Labute approximate surface area is 150 Å². The van der Waals surface area contributed by atoms with Crippen molar-refractivity contribution in [3.8, 4) is 0 Å². The van der Waals surface area contributed by atoms with Gasteiger partial charge in [0, 0.05) is 0 Å². The van der Waals surface area contributed by atoms with Crippen molar-refractivity contribution in [1.29, 1.82) is 0 Å². The van der Waals surface area contributed by atoms with E-state index in [2.05, 4.69) is 0 Å². The molecule has 0 aromatic heterocycles. The largest absolute Gasteiger partial charge is 0.460 e. The predicted octanol–water partition coefficient (Wildman–Crippen LogP) is 3.85. The van der Waals surface area contributed by atoms with E-state index in [-0.39, 0.29) is 23.4 Å². The molecule has 0 N–H and O–H groups in total. The van der Waals surface area contributed by atoms with Crippen LogP contribution in [0.15, 0.2) is 29.2 Å². The van der Waals surface area contributed by atoms with Crippen LogP contribution in [0.3, 0.4) is 0 Å².